The van der Waals surface area contributed by atoms with Crippen LogP contribution in [-0.2, 0) is 6.54 Å². The third kappa shape index (κ3) is 2.07. The minimum atomic E-state index is -0.0873. The van der Waals surface area contributed by atoms with E-state index < -0.39 is 0 Å². The average Bonchev–Trinajstić information content (AvgIpc) is 2.92. The van der Waals surface area contributed by atoms with Gasteiger partial charge in [-0.05, 0) is 18.2 Å². The van der Waals surface area contributed by atoms with E-state index in [2.05, 4.69) is 15.3 Å². The first-order valence-corrected chi connectivity index (χ1v) is 5.88. The molecule has 6 heteroatoms. The third-order valence-electron chi connectivity index (χ3n) is 2.32. The fourth-order valence-electron chi connectivity index (χ4n) is 1.54. The van der Waals surface area contributed by atoms with Crippen molar-refractivity contribution in [3.05, 3.63) is 46.1 Å². The molecule has 3 aromatic rings. The largest absolute Gasteiger partial charge is 0.467 e. The fraction of sp³-hybridized carbons (Fsp3) is 0.0909. The first-order chi connectivity index (χ1) is 8.31. The van der Waals surface area contributed by atoms with Gasteiger partial charge < -0.3 is 9.73 Å². The second-order valence-corrected chi connectivity index (χ2v) is 4.53. The zero-order chi connectivity index (χ0) is 11.7. The Morgan fingerprint density at radius 2 is 2.47 bits per heavy atom. The Labute approximate surface area is 100 Å². The Balaban J connectivity index is 1.83. The summed E-state index contributed by atoms with van der Waals surface area (Å²) in [6, 6.07) is 5.64. The number of fused-ring (bicyclic) bond motifs is 1. The summed E-state index contributed by atoms with van der Waals surface area (Å²) in [6.07, 6.45) is 3.32. The van der Waals surface area contributed by atoms with E-state index in [9.17, 15) is 4.79 Å². The minimum Gasteiger partial charge on any atom is -0.467 e. The highest BCUT2D eigenvalue weighted by molar-refractivity contribution is 7.16. The van der Waals surface area contributed by atoms with Crippen LogP contribution in [0.3, 0.4) is 0 Å². The summed E-state index contributed by atoms with van der Waals surface area (Å²) < 4.78 is 6.06. The molecule has 0 fully saturated rings. The van der Waals surface area contributed by atoms with Crippen LogP contribution in [0, 0.1) is 0 Å². The number of furan rings is 1. The molecule has 0 aliphatic rings. The maximum absolute atomic E-state index is 11.1. The molecule has 0 unspecified atom stereocenters. The van der Waals surface area contributed by atoms with Crippen LogP contribution in [-0.4, -0.2) is 9.97 Å². The van der Waals surface area contributed by atoms with E-state index in [4.69, 9.17) is 4.42 Å². The van der Waals surface area contributed by atoms with E-state index in [1.54, 1.807) is 12.5 Å². The van der Waals surface area contributed by atoms with Gasteiger partial charge in [-0.2, -0.15) is 0 Å². The number of hydrogen-bond donors (Lipinski definition) is 2. The van der Waals surface area contributed by atoms with E-state index in [-0.39, 0.29) is 4.87 Å². The molecule has 3 heterocycles. The molecule has 3 rings (SSSR count). The van der Waals surface area contributed by atoms with Gasteiger partial charge in [0.15, 0.2) is 5.65 Å². The van der Waals surface area contributed by atoms with Gasteiger partial charge in [0.05, 0.1) is 29.4 Å². The Morgan fingerprint density at radius 3 is 3.29 bits per heavy atom. The van der Waals surface area contributed by atoms with Crippen LogP contribution in [0.1, 0.15) is 5.76 Å². The lowest BCUT2D eigenvalue weighted by molar-refractivity contribution is 0.518. The molecule has 17 heavy (non-hydrogen) atoms. The van der Waals surface area contributed by atoms with Crippen molar-refractivity contribution in [3.63, 3.8) is 0 Å². The van der Waals surface area contributed by atoms with Gasteiger partial charge >= 0.3 is 4.87 Å². The monoisotopic (exact) mass is 247 g/mol. The first kappa shape index (κ1) is 10.1. The van der Waals surface area contributed by atoms with Crippen LogP contribution in [0.4, 0.5) is 5.69 Å². The predicted molar refractivity (Wildman–Crippen MR) is 66.3 cm³/mol. The molecule has 0 aliphatic heterocycles. The molecule has 5 nitrogen and oxygen atoms in total. The van der Waals surface area contributed by atoms with Crippen molar-refractivity contribution >= 4 is 27.4 Å². The smallest absolute Gasteiger partial charge is 0.306 e. The summed E-state index contributed by atoms with van der Waals surface area (Å²) in [5.41, 5.74) is 1.49. The van der Waals surface area contributed by atoms with Crippen molar-refractivity contribution in [1.82, 2.24) is 9.97 Å². The Kier molecular flexibility index (Phi) is 2.41. The highest BCUT2D eigenvalue weighted by Gasteiger charge is 2.02. The van der Waals surface area contributed by atoms with Crippen molar-refractivity contribution in [2.75, 3.05) is 5.32 Å². The van der Waals surface area contributed by atoms with Crippen LogP contribution in [0.2, 0.25) is 0 Å². The molecule has 0 saturated carbocycles. The van der Waals surface area contributed by atoms with Crippen LogP contribution in [0.25, 0.3) is 10.3 Å². The Hall–Kier alpha value is -2.08. The van der Waals surface area contributed by atoms with Crippen molar-refractivity contribution < 1.29 is 4.42 Å². The lowest BCUT2D eigenvalue weighted by Gasteiger charge is -2.03. The number of aromatic amines is 1. The molecule has 0 aliphatic carbocycles. The molecular formula is C11H9N3O2S. The van der Waals surface area contributed by atoms with Crippen molar-refractivity contribution in [2.24, 2.45) is 0 Å². The van der Waals surface area contributed by atoms with Gasteiger partial charge in [0.1, 0.15) is 5.76 Å². The summed E-state index contributed by atoms with van der Waals surface area (Å²) >= 11 is 1.15. The van der Waals surface area contributed by atoms with Gasteiger partial charge in [-0.15, -0.1) is 0 Å². The maximum atomic E-state index is 11.1. The summed E-state index contributed by atoms with van der Waals surface area (Å²) in [7, 11) is 0. The fourth-order valence-corrected chi connectivity index (χ4v) is 2.27. The van der Waals surface area contributed by atoms with E-state index in [0.29, 0.717) is 12.2 Å². The lowest BCUT2D eigenvalue weighted by atomic mass is 10.4. The van der Waals surface area contributed by atoms with Gasteiger partial charge in [-0.1, -0.05) is 11.3 Å². The number of pyridine rings is 1. The lowest BCUT2D eigenvalue weighted by Crippen LogP contribution is -1.98. The summed E-state index contributed by atoms with van der Waals surface area (Å²) in [6.45, 7) is 0.597. The zero-order valence-corrected chi connectivity index (χ0v) is 9.58. The number of thiazole rings is 1. The summed E-state index contributed by atoms with van der Waals surface area (Å²) in [4.78, 5) is 17.9. The number of hydrogen-bond acceptors (Lipinski definition) is 5. The molecule has 0 saturated heterocycles. The van der Waals surface area contributed by atoms with Crippen LogP contribution in [0.15, 0.2) is 39.9 Å². The van der Waals surface area contributed by atoms with Gasteiger partial charge in [0.25, 0.3) is 0 Å². The van der Waals surface area contributed by atoms with Crippen molar-refractivity contribution in [3.8, 4) is 0 Å². The quantitative estimate of drug-likeness (QED) is 0.744. The molecule has 0 aromatic carbocycles. The standard InChI is InChI=1S/C11H9N3O2S/c15-11-14-10-9(17-11)4-7(5-13-10)12-6-8-2-1-3-16-8/h1-5,12H,6H2,(H,13,14,15). The third-order valence-corrected chi connectivity index (χ3v) is 3.14. The number of aromatic nitrogens is 2. The van der Waals surface area contributed by atoms with E-state index in [0.717, 1.165) is 27.5 Å². The molecule has 0 spiro atoms. The molecular weight excluding hydrogens is 238 g/mol. The summed E-state index contributed by atoms with van der Waals surface area (Å²) in [5, 5.41) is 3.18. The average molecular weight is 247 g/mol. The number of nitrogens with one attached hydrogen (secondary N) is 2. The normalized spacial score (nSPS) is 10.8. The maximum Gasteiger partial charge on any atom is 0.306 e. The van der Waals surface area contributed by atoms with Crippen LogP contribution in [0.5, 0.6) is 0 Å². The van der Waals surface area contributed by atoms with Gasteiger partial charge in [-0.3, -0.25) is 9.78 Å². The van der Waals surface area contributed by atoms with Crippen molar-refractivity contribution in [1.29, 1.82) is 0 Å². The first-order valence-electron chi connectivity index (χ1n) is 5.06. The predicted octanol–water partition coefficient (Wildman–Crippen LogP) is 2.19. The highest BCUT2D eigenvalue weighted by Crippen LogP contribution is 2.17. The van der Waals surface area contributed by atoms with Gasteiger partial charge in [0.2, 0.25) is 0 Å². The second kappa shape index (κ2) is 4.06. The molecule has 0 atom stereocenters. The molecule has 2 N–H and O–H groups in total. The number of nitrogens with zero attached hydrogens (tertiary/aromatic N) is 1. The molecule has 0 bridgehead atoms. The summed E-state index contributed by atoms with van der Waals surface area (Å²) in [5.74, 6) is 0.854. The number of rotatable bonds is 3. The highest BCUT2D eigenvalue weighted by atomic mass is 32.1. The molecule has 0 radical (unpaired) electrons. The Morgan fingerprint density at radius 1 is 1.53 bits per heavy atom. The Bertz CT molecular complexity index is 684. The van der Waals surface area contributed by atoms with Crippen LogP contribution < -0.4 is 10.2 Å². The van der Waals surface area contributed by atoms with Gasteiger partial charge in [0, 0.05) is 0 Å². The number of H-pyrrole nitrogens is 1. The van der Waals surface area contributed by atoms with Gasteiger partial charge in [-0.25, -0.2) is 4.98 Å². The van der Waals surface area contributed by atoms with E-state index in [1.807, 2.05) is 18.2 Å². The topological polar surface area (TPSA) is 70.9 Å². The zero-order valence-electron chi connectivity index (χ0n) is 8.77. The second-order valence-electron chi connectivity index (χ2n) is 3.52. The van der Waals surface area contributed by atoms with Crippen LogP contribution >= 0.6 is 11.3 Å². The van der Waals surface area contributed by atoms with E-state index >= 15 is 0 Å². The molecule has 86 valence electrons. The molecule has 0 amide bonds. The minimum absolute atomic E-state index is 0.0873. The molecule has 3 aromatic heterocycles. The SMILES string of the molecule is O=c1[nH]c2ncc(NCc3ccco3)cc2s1. The van der Waals surface area contributed by atoms with E-state index in [1.165, 1.54) is 0 Å². The number of anilines is 1. The van der Waals surface area contributed by atoms with Crippen molar-refractivity contribution in [2.45, 2.75) is 6.54 Å².